The molecule has 0 aliphatic carbocycles. The standard InChI is InChI=1S/C7H5Cl3N2O/c8-5-4(2-1-3-13)6(9)12-7(10)11-5/h3H,1-2H2. The molecule has 0 aliphatic rings. The first-order chi connectivity index (χ1) is 6.15. The van der Waals surface area contributed by atoms with E-state index < -0.39 is 0 Å². The van der Waals surface area contributed by atoms with Crippen molar-refractivity contribution in [3.63, 3.8) is 0 Å². The topological polar surface area (TPSA) is 42.9 Å². The molecule has 0 aromatic carbocycles. The van der Waals surface area contributed by atoms with Crippen LogP contribution in [0.5, 0.6) is 0 Å². The van der Waals surface area contributed by atoms with Crippen molar-refractivity contribution in [3.05, 3.63) is 21.2 Å². The normalized spacial score (nSPS) is 10.1. The third-order valence-electron chi connectivity index (χ3n) is 1.39. The van der Waals surface area contributed by atoms with Crippen molar-refractivity contribution in [2.24, 2.45) is 0 Å². The molecule has 0 aliphatic heterocycles. The van der Waals surface area contributed by atoms with Crippen molar-refractivity contribution in [1.29, 1.82) is 0 Å². The first-order valence-corrected chi connectivity index (χ1v) is 4.59. The summed E-state index contributed by atoms with van der Waals surface area (Å²) in [5, 5.41) is 0.406. The van der Waals surface area contributed by atoms with Crippen molar-refractivity contribution >= 4 is 41.1 Å². The van der Waals surface area contributed by atoms with Gasteiger partial charge in [-0.3, -0.25) is 0 Å². The average Bonchev–Trinajstić information content (AvgIpc) is 2.02. The average molecular weight is 239 g/mol. The van der Waals surface area contributed by atoms with Gasteiger partial charge in [0.15, 0.2) is 0 Å². The van der Waals surface area contributed by atoms with E-state index in [4.69, 9.17) is 34.8 Å². The van der Waals surface area contributed by atoms with Gasteiger partial charge in [0.05, 0.1) is 0 Å². The van der Waals surface area contributed by atoms with Crippen LogP contribution in [0.25, 0.3) is 0 Å². The maximum absolute atomic E-state index is 10.1. The van der Waals surface area contributed by atoms with Crippen molar-refractivity contribution in [3.8, 4) is 0 Å². The van der Waals surface area contributed by atoms with E-state index in [1.807, 2.05) is 0 Å². The summed E-state index contributed by atoms with van der Waals surface area (Å²) in [7, 11) is 0. The fourth-order valence-corrected chi connectivity index (χ4v) is 1.65. The zero-order valence-electron chi connectivity index (χ0n) is 6.43. The van der Waals surface area contributed by atoms with Gasteiger partial charge < -0.3 is 4.79 Å². The highest BCUT2D eigenvalue weighted by atomic mass is 35.5. The quantitative estimate of drug-likeness (QED) is 0.462. The highest BCUT2D eigenvalue weighted by Crippen LogP contribution is 2.23. The summed E-state index contributed by atoms with van der Waals surface area (Å²) in [6.07, 6.45) is 1.55. The second-order valence-corrected chi connectivity index (χ2v) is 3.31. The third-order valence-corrected chi connectivity index (χ3v) is 2.19. The Hall–Kier alpha value is -0.380. The molecule has 70 valence electrons. The molecule has 0 atom stereocenters. The lowest BCUT2D eigenvalue weighted by Crippen LogP contribution is -1.95. The molecule has 1 aromatic heterocycles. The van der Waals surface area contributed by atoms with Crippen LogP contribution in [0.15, 0.2) is 0 Å². The van der Waals surface area contributed by atoms with Crippen molar-refractivity contribution in [1.82, 2.24) is 9.97 Å². The van der Waals surface area contributed by atoms with E-state index >= 15 is 0 Å². The van der Waals surface area contributed by atoms with Crippen LogP contribution in [0.4, 0.5) is 0 Å². The smallest absolute Gasteiger partial charge is 0.225 e. The minimum Gasteiger partial charge on any atom is -0.303 e. The molecule has 0 unspecified atom stereocenters. The Morgan fingerprint density at radius 1 is 1.15 bits per heavy atom. The monoisotopic (exact) mass is 238 g/mol. The van der Waals surface area contributed by atoms with Crippen LogP contribution in [0, 0.1) is 0 Å². The van der Waals surface area contributed by atoms with E-state index in [2.05, 4.69) is 9.97 Å². The van der Waals surface area contributed by atoms with E-state index in [0.717, 1.165) is 6.29 Å². The van der Waals surface area contributed by atoms with Gasteiger partial charge in [-0.05, 0) is 18.0 Å². The van der Waals surface area contributed by atoms with Crippen LogP contribution in [-0.4, -0.2) is 16.3 Å². The lowest BCUT2D eigenvalue weighted by Gasteiger charge is -2.02. The highest BCUT2D eigenvalue weighted by Gasteiger charge is 2.09. The van der Waals surface area contributed by atoms with E-state index in [1.54, 1.807) is 0 Å². The van der Waals surface area contributed by atoms with Crippen LogP contribution >= 0.6 is 34.8 Å². The summed E-state index contributed by atoms with van der Waals surface area (Å²) >= 11 is 17.0. The minimum atomic E-state index is 0.00449. The molecule has 0 N–H and O–H groups in total. The maximum Gasteiger partial charge on any atom is 0.225 e. The third kappa shape index (κ3) is 2.79. The number of nitrogens with zero attached hydrogens (tertiary/aromatic N) is 2. The highest BCUT2D eigenvalue weighted by molar-refractivity contribution is 6.36. The first kappa shape index (κ1) is 10.7. The molecule has 0 bridgehead atoms. The van der Waals surface area contributed by atoms with E-state index in [0.29, 0.717) is 18.4 Å². The number of aldehydes is 1. The Balaban J connectivity index is 2.98. The molecular formula is C7H5Cl3N2O. The number of carbonyl (C=O) groups excluding carboxylic acids is 1. The molecule has 3 nitrogen and oxygen atoms in total. The molecule has 1 rings (SSSR count). The summed E-state index contributed by atoms with van der Waals surface area (Å²) in [6.45, 7) is 0. The molecule has 0 amide bonds. The van der Waals surface area contributed by atoms with Crippen molar-refractivity contribution in [2.45, 2.75) is 12.8 Å². The lowest BCUT2D eigenvalue weighted by atomic mass is 10.2. The second kappa shape index (κ2) is 4.74. The number of aromatic nitrogens is 2. The van der Waals surface area contributed by atoms with Gasteiger partial charge in [0.25, 0.3) is 0 Å². The zero-order chi connectivity index (χ0) is 9.84. The Kier molecular flexibility index (Phi) is 3.90. The number of hydrogen-bond acceptors (Lipinski definition) is 3. The van der Waals surface area contributed by atoms with Gasteiger partial charge in [0, 0.05) is 12.0 Å². The van der Waals surface area contributed by atoms with Crippen LogP contribution in [0.1, 0.15) is 12.0 Å². The fourth-order valence-electron chi connectivity index (χ4n) is 0.817. The Labute approximate surface area is 90.0 Å². The van der Waals surface area contributed by atoms with Crippen LogP contribution in [0.3, 0.4) is 0 Å². The molecule has 6 heteroatoms. The van der Waals surface area contributed by atoms with Crippen LogP contribution in [0.2, 0.25) is 15.6 Å². The predicted octanol–water partition coefficient (Wildman–Crippen LogP) is 2.57. The summed E-state index contributed by atoms with van der Waals surface area (Å²) < 4.78 is 0. The van der Waals surface area contributed by atoms with Gasteiger partial charge in [-0.15, -0.1) is 0 Å². The van der Waals surface area contributed by atoms with Gasteiger partial charge in [-0.25, -0.2) is 9.97 Å². The summed E-state index contributed by atoms with van der Waals surface area (Å²) in [5.74, 6) is 0. The van der Waals surface area contributed by atoms with Gasteiger partial charge >= 0.3 is 0 Å². The number of hydrogen-bond donors (Lipinski definition) is 0. The molecule has 0 saturated carbocycles. The molecule has 0 saturated heterocycles. The lowest BCUT2D eigenvalue weighted by molar-refractivity contribution is -0.107. The van der Waals surface area contributed by atoms with E-state index in [9.17, 15) is 4.79 Å². The van der Waals surface area contributed by atoms with Crippen LogP contribution in [-0.2, 0) is 11.2 Å². The molecular weight excluding hydrogens is 234 g/mol. The zero-order valence-corrected chi connectivity index (χ0v) is 8.70. The summed E-state index contributed by atoms with van der Waals surface area (Å²) in [4.78, 5) is 17.5. The number of carbonyl (C=O) groups is 1. The molecule has 1 aromatic rings. The summed E-state index contributed by atoms with van der Waals surface area (Å²) in [6, 6.07) is 0. The first-order valence-electron chi connectivity index (χ1n) is 3.46. The largest absolute Gasteiger partial charge is 0.303 e. The van der Waals surface area contributed by atoms with Gasteiger partial charge in [0.2, 0.25) is 5.28 Å². The predicted molar refractivity (Wildman–Crippen MR) is 51.4 cm³/mol. The van der Waals surface area contributed by atoms with Crippen molar-refractivity contribution in [2.75, 3.05) is 0 Å². The second-order valence-electron chi connectivity index (χ2n) is 2.26. The summed E-state index contributed by atoms with van der Waals surface area (Å²) in [5.41, 5.74) is 0.555. The Morgan fingerprint density at radius 2 is 1.69 bits per heavy atom. The number of rotatable bonds is 3. The van der Waals surface area contributed by atoms with Crippen LogP contribution < -0.4 is 0 Å². The maximum atomic E-state index is 10.1. The number of halogens is 3. The van der Waals surface area contributed by atoms with E-state index in [1.165, 1.54) is 0 Å². The van der Waals surface area contributed by atoms with Gasteiger partial charge in [0.1, 0.15) is 16.6 Å². The van der Waals surface area contributed by atoms with Crippen molar-refractivity contribution < 1.29 is 4.79 Å². The minimum absolute atomic E-state index is 0.00449. The molecule has 0 fully saturated rings. The molecule has 0 spiro atoms. The molecule has 0 radical (unpaired) electrons. The molecule has 13 heavy (non-hydrogen) atoms. The Bertz CT molecular complexity index is 307. The van der Waals surface area contributed by atoms with E-state index in [-0.39, 0.29) is 15.6 Å². The fraction of sp³-hybridized carbons (Fsp3) is 0.286. The Morgan fingerprint density at radius 3 is 2.15 bits per heavy atom. The van der Waals surface area contributed by atoms with Gasteiger partial charge in [-0.2, -0.15) is 0 Å². The SMILES string of the molecule is O=CCCc1c(Cl)nc(Cl)nc1Cl. The van der Waals surface area contributed by atoms with Gasteiger partial charge in [-0.1, -0.05) is 23.2 Å². The molecule has 1 heterocycles.